The Morgan fingerprint density at radius 1 is 1.15 bits per heavy atom. The molecule has 0 aliphatic rings. The van der Waals surface area contributed by atoms with E-state index in [4.69, 9.17) is 16.3 Å². The number of rotatable bonds is 7. The van der Waals surface area contributed by atoms with Crippen LogP contribution in [0.1, 0.15) is 21.5 Å². The van der Waals surface area contributed by atoms with E-state index in [9.17, 15) is 9.90 Å². The van der Waals surface area contributed by atoms with Crippen LogP contribution in [0.2, 0.25) is 5.02 Å². The summed E-state index contributed by atoms with van der Waals surface area (Å²) in [6.45, 7) is 2.05. The number of anilines is 2. The van der Waals surface area contributed by atoms with Crippen LogP contribution < -0.4 is 15.5 Å². The number of amides is 1. The second kappa shape index (κ2) is 10.4. The number of carbonyl (C=O) groups is 1. The van der Waals surface area contributed by atoms with Crippen molar-refractivity contribution in [1.29, 1.82) is 0 Å². The molecule has 0 saturated heterocycles. The number of methoxy groups -OCH3 is 1. The number of aromatic hydroxyl groups is 1. The van der Waals surface area contributed by atoms with E-state index in [0.717, 1.165) is 22.1 Å². The van der Waals surface area contributed by atoms with Crippen molar-refractivity contribution in [1.82, 2.24) is 10.4 Å². The van der Waals surface area contributed by atoms with E-state index in [1.165, 1.54) is 36.3 Å². The van der Waals surface area contributed by atoms with Gasteiger partial charge in [-0.2, -0.15) is 5.10 Å². The number of hydrogen-bond donors (Lipinski definition) is 3. The summed E-state index contributed by atoms with van der Waals surface area (Å²) in [5.41, 5.74) is 7.39. The number of carbonyl (C=O) groups excluding carboxylic acids is 1. The van der Waals surface area contributed by atoms with Gasteiger partial charge in [0.1, 0.15) is 0 Å². The van der Waals surface area contributed by atoms with E-state index in [1.54, 1.807) is 18.2 Å². The van der Waals surface area contributed by atoms with E-state index >= 15 is 0 Å². The summed E-state index contributed by atoms with van der Waals surface area (Å²) >= 11 is 7.47. The minimum Gasteiger partial charge on any atom is -0.503 e. The fraction of sp³-hybridized carbons (Fsp3) is 0.0800. The monoisotopic (exact) mass is 492 g/mol. The Hall–Kier alpha value is -3.88. The molecule has 9 heteroatoms. The second-order valence-electron chi connectivity index (χ2n) is 7.36. The number of phenols is 1. The van der Waals surface area contributed by atoms with Gasteiger partial charge in [-0.1, -0.05) is 41.4 Å². The topological polar surface area (TPSA) is 95.8 Å². The first-order valence-corrected chi connectivity index (χ1v) is 11.5. The smallest absolute Gasteiger partial charge is 0.271 e. The first-order chi connectivity index (χ1) is 16.4. The highest BCUT2D eigenvalue weighted by Crippen LogP contribution is 2.34. The van der Waals surface area contributed by atoms with Gasteiger partial charge in [0.05, 0.1) is 24.0 Å². The summed E-state index contributed by atoms with van der Waals surface area (Å²) in [5, 5.41) is 19.9. The van der Waals surface area contributed by atoms with Gasteiger partial charge >= 0.3 is 0 Å². The normalized spacial score (nSPS) is 10.9. The molecule has 0 aliphatic heterocycles. The van der Waals surface area contributed by atoms with Crippen molar-refractivity contribution in [3.05, 3.63) is 87.8 Å². The Morgan fingerprint density at radius 2 is 1.88 bits per heavy atom. The number of aryl methyl sites for hydroxylation is 1. The molecule has 0 fully saturated rings. The number of thiazole rings is 1. The molecule has 0 unspecified atom stereocenters. The van der Waals surface area contributed by atoms with Crippen LogP contribution in [0, 0.1) is 6.92 Å². The zero-order chi connectivity index (χ0) is 24.1. The molecule has 0 bridgehead atoms. The molecule has 3 aromatic carbocycles. The number of ether oxygens (including phenoxy) is 1. The van der Waals surface area contributed by atoms with E-state index < -0.39 is 0 Å². The van der Waals surface area contributed by atoms with Crippen LogP contribution in [-0.4, -0.2) is 29.3 Å². The van der Waals surface area contributed by atoms with Gasteiger partial charge in [-0.3, -0.25) is 4.79 Å². The van der Waals surface area contributed by atoms with Gasteiger partial charge in [0.15, 0.2) is 16.6 Å². The van der Waals surface area contributed by atoms with Crippen LogP contribution in [0.15, 0.2) is 71.1 Å². The lowest BCUT2D eigenvalue weighted by atomic mass is 10.1. The average molecular weight is 493 g/mol. The predicted molar refractivity (Wildman–Crippen MR) is 137 cm³/mol. The van der Waals surface area contributed by atoms with Crippen LogP contribution in [0.4, 0.5) is 10.8 Å². The SMILES string of the molecule is COc1cc(/C=N\NC(=O)c2ccc(-c3csc(Nc4ccc(C)cc4)n3)cc2)cc(Cl)c1O. The van der Waals surface area contributed by atoms with Crippen LogP contribution in [0.3, 0.4) is 0 Å². The third kappa shape index (κ3) is 5.54. The van der Waals surface area contributed by atoms with Crippen LogP contribution >= 0.6 is 22.9 Å². The highest BCUT2D eigenvalue weighted by molar-refractivity contribution is 7.14. The number of hydrogen-bond acceptors (Lipinski definition) is 7. The summed E-state index contributed by atoms with van der Waals surface area (Å²) in [4.78, 5) is 17.0. The van der Waals surface area contributed by atoms with Crippen molar-refractivity contribution in [2.24, 2.45) is 5.10 Å². The average Bonchev–Trinajstić information content (AvgIpc) is 3.31. The second-order valence-corrected chi connectivity index (χ2v) is 8.62. The standard InChI is InChI=1S/C25H21ClN4O3S/c1-15-3-9-19(10-4-15)28-25-29-21(14-34-25)17-5-7-18(8-6-17)24(32)30-27-13-16-11-20(26)23(31)22(12-16)33-2/h3-14,31H,1-2H3,(H,28,29)(H,30,32)/b27-13-. The first-order valence-electron chi connectivity index (χ1n) is 10.2. The number of phenolic OH excluding ortho intramolecular Hbond substituents is 1. The number of benzene rings is 3. The van der Waals surface area contributed by atoms with Gasteiger partial charge < -0.3 is 15.2 Å². The molecule has 1 aromatic heterocycles. The summed E-state index contributed by atoms with van der Waals surface area (Å²) in [6.07, 6.45) is 1.41. The number of halogens is 1. The van der Waals surface area contributed by atoms with Crippen molar-refractivity contribution in [3.8, 4) is 22.8 Å². The van der Waals surface area contributed by atoms with Crippen molar-refractivity contribution >= 4 is 45.9 Å². The maximum Gasteiger partial charge on any atom is 0.271 e. The van der Waals surface area contributed by atoms with E-state index in [-0.39, 0.29) is 22.4 Å². The maximum absolute atomic E-state index is 12.4. The Labute approximate surface area is 205 Å². The molecular formula is C25H21ClN4O3S. The molecule has 172 valence electrons. The zero-order valence-electron chi connectivity index (χ0n) is 18.4. The Balaban J connectivity index is 1.38. The molecule has 0 atom stereocenters. The van der Waals surface area contributed by atoms with Crippen LogP contribution in [0.5, 0.6) is 11.5 Å². The highest BCUT2D eigenvalue weighted by Gasteiger charge is 2.10. The lowest BCUT2D eigenvalue weighted by molar-refractivity contribution is 0.0955. The molecule has 34 heavy (non-hydrogen) atoms. The molecule has 1 amide bonds. The van der Waals surface area contributed by atoms with E-state index in [0.29, 0.717) is 11.1 Å². The quantitative estimate of drug-likeness (QED) is 0.217. The van der Waals surface area contributed by atoms with Crippen LogP contribution in [0.25, 0.3) is 11.3 Å². The summed E-state index contributed by atoms with van der Waals surface area (Å²) in [7, 11) is 1.42. The highest BCUT2D eigenvalue weighted by atomic mass is 35.5. The minimum absolute atomic E-state index is 0.127. The van der Waals surface area contributed by atoms with Crippen molar-refractivity contribution in [2.75, 3.05) is 12.4 Å². The number of aromatic nitrogens is 1. The molecule has 4 aromatic rings. The maximum atomic E-state index is 12.4. The third-order valence-corrected chi connectivity index (χ3v) is 5.95. The Kier molecular flexibility index (Phi) is 7.10. The lowest BCUT2D eigenvalue weighted by Gasteiger charge is -2.06. The Morgan fingerprint density at radius 3 is 2.59 bits per heavy atom. The van der Waals surface area contributed by atoms with Gasteiger partial charge in [-0.15, -0.1) is 11.3 Å². The summed E-state index contributed by atoms with van der Waals surface area (Å²) in [5.74, 6) is -0.293. The molecule has 0 saturated carbocycles. The molecule has 0 spiro atoms. The molecule has 3 N–H and O–H groups in total. The summed E-state index contributed by atoms with van der Waals surface area (Å²) < 4.78 is 5.05. The number of hydrazone groups is 1. The first kappa shape index (κ1) is 23.3. The van der Waals surface area contributed by atoms with Crippen molar-refractivity contribution in [3.63, 3.8) is 0 Å². The lowest BCUT2D eigenvalue weighted by Crippen LogP contribution is -2.17. The van der Waals surface area contributed by atoms with E-state index in [1.807, 2.05) is 48.7 Å². The van der Waals surface area contributed by atoms with Gasteiger partial charge in [-0.05, 0) is 48.9 Å². The third-order valence-electron chi connectivity index (χ3n) is 4.90. The van der Waals surface area contributed by atoms with Gasteiger partial charge in [0.25, 0.3) is 5.91 Å². The molecule has 4 rings (SSSR count). The summed E-state index contributed by atoms with van der Waals surface area (Å²) in [6, 6.07) is 18.3. The number of nitrogens with one attached hydrogen (secondary N) is 2. The Bertz CT molecular complexity index is 1340. The molecule has 0 aliphatic carbocycles. The fourth-order valence-electron chi connectivity index (χ4n) is 3.07. The van der Waals surface area contributed by atoms with Gasteiger partial charge in [0.2, 0.25) is 0 Å². The molecule has 0 radical (unpaired) electrons. The predicted octanol–water partition coefficient (Wildman–Crippen LogP) is 5.99. The van der Waals surface area contributed by atoms with Crippen molar-refractivity contribution in [2.45, 2.75) is 6.92 Å². The zero-order valence-corrected chi connectivity index (χ0v) is 19.9. The molecule has 7 nitrogen and oxygen atoms in total. The van der Waals surface area contributed by atoms with E-state index in [2.05, 4.69) is 20.8 Å². The van der Waals surface area contributed by atoms with Crippen LogP contribution in [-0.2, 0) is 0 Å². The minimum atomic E-state index is -0.361. The van der Waals surface area contributed by atoms with Gasteiger partial charge in [-0.25, -0.2) is 10.4 Å². The van der Waals surface area contributed by atoms with Gasteiger partial charge in [0, 0.05) is 22.2 Å². The number of nitrogens with zero attached hydrogens (tertiary/aromatic N) is 2. The largest absolute Gasteiger partial charge is 0.503 e. The molecule has 1 heterocycles. The fourth-order valence-corrected chi connectivity index (χ4v) is 4.03. The van der Waals surface area contributed by atoms with Crippen molar-refractivity contribution < 1.29 is 14.6 Å². The molecular weight excluding hydrogens is 472 g/mol.